The van der Waals surface area contributed by atoms with Crippen molar-refractivity contribution in [3.63, 3.8) is 0 Å². The van der Waals surface area contributed by atoms with Gasteiger partial charge in [-0.15, -0.1) is 0 Å². The molecule has 18 heavy (non-hydrogen) atoms. The number of carbonyl (C=O) groups excluding carboxylic acids is 1. The van der Waals surface area contributed by atoms with E-state index in [0.29, 0.717) is 13.0 Å². The molecule has 2 atom stereocenters. The van der Waals surface area contributed by atoms with Crippen LogP contribution in [0.2, 0.25) is 0 Å². The highest BCUT2D eigenvalue weighted by Gasteiger charge is 2.29. The summed E-state index contributed by atoms with van der Waals surface area (Å²) in [6, 6.07) is 6.94. The lowest BCUT2D eigenvalue weighted by atomic mass is 10.1. The number of rotatable bonds is 4. The normalized spacial score (nSPS) is 23.0. The summed E-state index contributed by atoms with van der Waals surface area (Å²) in [5, 5.41) is 14.9. The van der Waals surface area contributed by atoms with Crippen molar-refractivity contribution < 1.29 is 14.6 Å². The maximum Gasteiger partial charge on any atom is 0.241 e. The van der Waals surface area contributed by atoms with Crippen LogP contribution in [0.15, 0.2) is 24.3 Å². The van der Waals surface area contributed by atoms with E-state index in [0.717, 1.165) is 11.3 Å². The van der Waals surface area contributed by atoms with Gasteiger partial charge in [0.15, 0.2) is 0 Å². The molecule has 0 spiro atoms. The van der Waals surface area contributed by atoms with Crippen molar-refractivity contribution in [2.45, 2.75) is 25.2 Å². The highest BCUT2D eigenvalue weighted by Crippen LogP contribution is 2.14. The van der Waals surface area contributed by atoms with Crippen LogP contribution in [-0.2, 0) is 16.1 Å². The number of hydrogen-bond acceptors (Lipinski definition) is 4. The summed E-state index contributed by atoms with van der Waals surface area (Å²) in [6.45, 7) is 0.714. The summed E-state index contributed by atoms with van der Waals surface area (Å²) >= 11 is 0. The van der Waals surface area contributed by atoms with Crippen LogP contribution in [0.3, 0.4) is 0 Å². The van der Waals surface area contributed by atoms with Crippen LogP contribution in [0.1, 0.15) is 12.0 Å². The molecule has 1 aliphatic rings. The maximum atomic E-state index is 12.0. The Kier molecular flexibility index (Phi) is 4.30. The number of benzene rings is 1. The van der Waals surface area contributed by atoms with E-state index >= 15 is 0 Å². The first-order valence-electron chi connectivity index (χ1n) is 5.99. The molecule has 3 N–H and O–H groups in total. The molecule has 1 saturated heterocycles. The monoisotopic (exact) mass is 250 g/mol. The molecule has 1 aliphatic heterocycles. The van der Waals surface area contributed by atoms with Gasteiger partial charge in [0.05, 0.1) is 18.8 Å². The second-order valence-electron chi connectivity index (χ2n) is 4.40. The standard InChI is InChI=1S/C13H18N2O3/c1-18-11-6-12(14-7-11)13(17)15-10-4-2-9(8-16)3-5-10/h2-5,11-12,14,16H,6-8H2,1H3,(H,15,17). The molecule has 0 saturated carbocycles. The van der Waals surface area contributed by atoms with Crippen molar-refractivity contribution in [3.8, 4) is 0 Å². The van der Waals surface area contributed by atoms with E-state index in [1.54, 1.807) is 31.4 Å². The van der Waals surface area contributed by atoms with E-state index in [-0.39, 0.29) is 24.7 Å². The quantitative estimate of drug-likeness (QED) is 0.727. The third-order valence-electron chi connectivity index (χ3n) is 3.14. The fourth-order valence-electron chi connectivity index (χ4n) is 2.01. The van der Waals surface area contributed by atoms with Gasteiger partial charge in [-0.2, -0.15) is 0 Å². The number of aliphatic hydroxyl groups is 1. The van der Waals surface area contributed by atoms with Gasteiger partial charge in [0.1, 0.15) is 0 Å². The molecular weight excluding hydrogens is 232 g/mol. The molecule has 2 unspecified atom stereocenters. The number of anilines is 1. The first-order valence-corrected chi connectivity index (χ1v) is 5.99. The zero-order chi connectivity index (χ0) is 13.0. The van der Waals surface area contributed by atoms with Gasteiger partial charge in [-0.25, -0.2) is 0 Å². The van der Waals surface area contributed by atoms with Crippen LogP contribution in [0.5, 0.6) is 0 Å². The van der Waals surface area contributed by atoms with E-state index in [1.807, 2.05) is 0 Å². The van der Waals surface area contributed by atoms with E-state index in [4.69, 9.17) is 9.84 Å². The summed E-state index contributed by atoms with van der Waals surface area (Å²) in [5.74, 6) is -0.0497. The topological polar surface area (TPSA) is 70.6 Å². The number of nitrogens with one attached hydrogen (secondary N) is 2. The first-order chi connectivity index (χ1) is 8.72. The van der Waals surface area contributed by atoms with E-state index in [2.05, 4.69) is 10.6 Å². The highest BCUT2D eigenvalue weighted by atomic mass is 16.5. The van der Waals surface area contributed by atoms with Gasteiger partial charge in [-0.3, -0.25) is 4.79 Å². The molecule has 1 amide bonds. The van der Waals surface area contributed by atoms with Gasteiger partial charge in [0.2, 0.25) is 5.91 Å². The number of amides is 1. The smallest absolute Gasteiger partial charge is 0.241 e. The van der Waals surface area contributed by atoms with Gasteiger partial charge in [-0.1, -0.05) is 12.1 Å². The molecule has 0 aliphatic carbocycles. The molecule has 98 valence electrons. The fraction of sp³-hybridized carbons (Fsp3) is 0.462. The van der Waals surface area contributed by atoms with Gasteiger partial charge < -0.3 is 20.5 Å². The largest absolute Gasteiger partial charge is 0.392 e. The zero-order valence-corrected chi connectivity index (χ0v) is 10.3. The Bertz CT molecular complexity index is 405. The lowest BCUT2D eigenvalue weighted by Gasteiger charge is -2.11. The number of ether oxygens (including phenoxy) is 1. The Morgan fingerprint density at radius 1 is 1.50 bits per heavy atom. The van der Waals surface area contributed by atoms with Crippen LogP contribution < -0.4 is 10.6 Å². The molecule has 0 aromatic heterocycles. The Morgan fingerprint density at radius 3 is 2.78 bits per heavy atom. The van der Waals surface area contributed by atoms with Crippen molar-refractivity contribution in [3.05, 3.63) is 29.8 Å². The van der Waals surface area contributed by atoms with Crippen molar-refractivity contribution in [1.82, 2.24) is 5.32 Å². The van der Waals surface area contributed by atoms with Gasteiger partial charge in [-0.05, 0) is 24.1 Å². The molecule has 0 bridgehead atoms. The van der Waals surface area contributed by atoms with Crippen LogP contribution in [0, 0.1) is 0 Å². The zero-order valence-electron chi connectivity index (χ0n) is 10.3. The fourth-order valence-corrected chi connectivity index (χ4v) is 2.01. The van der Waals surface area contributed by atoms with Crippen LogP contribution in [-0.4, -0.2) is 36.8 Å². The van der Waals surface area contributed by atoms with Gasteiger partial charge in [0, 0.05) is 19.3 Å². The summed E-state index contributed by atoms with van der Waals surface area (Å²) in [5.41, 5.74) is 1.56. The first kappa shape index (κ1) is 13.0. The molecule has 1 heterocycles. The van der Waals surface area contributed by atoms with E-state index in [1.165, 1.54) is 0 Å². The van der Waals surface area contributed by atoms with Crippen LogP contribution in [0.25, 0.3) is 0 Å². The average molecular weight is 250 g/mol. The molecule has 2 rings (SSSR count). The van der Waals surface area contributed by atoms with Gasteiger partial charge >= 0.3 is 0 Å². The minimum Gasteiger partial charge on any atom is -0.392 e. The molecule has 1 aromatic rings. The van der Waals surface area contributed by atoms with Gasteiger partial charge in [0.25, 0.3) is 0 Å². The molecule has 1 fully saturated rings. The lowest BCUT2D eigenvalue weighted by Crippen LogP contribution is -2.35. The minimum absolute atomic E-state index is 0.00786. The summed E-state index contributed by atoms with van der Waals surface area (Å²) in [7, 11) is 1.65. The van der Waals surface area contributed by atoms with Crippen molar-refractivity contribution in [1.29, 1.82) is 0 Å². The van der Waals surface area contributed by atoms with Crippen molar-refractivity contribution in [2.24, 2.45) is 0 Å². The lowest BCUT2D eigenvalue weighted by molar-refractivity contribution is -0.118. The number of methoxy groups -OCH3 is 1. The molecule has 5 heteroatoms. The molecule has 1 aromatic carbocycles. The van der Waals surface area contributed by atoms with E-state index < -0.39 is 0 Å². The average Bonchev–Trinajstić information content (AvgIpc) is 2.88. The number of hydrogen-bond donors (Lipinski definition) is 3. The summed E-state index contributed by atoms with van der Waals surface area (Å²) in [4.78, 5) is 12.0. The second kappa shape index (κ2) is 5.95. The highest BCUT2D eigenvalue weighted by molar-refractivity contribution is 5.95. The Balaban J connectivity index is 1.90. The Labute approximate surface area is 106 Å². The summed E-state index contributed by atoms with van der Waals surface area (Å²) in [6.07, 6.45) is 0.800. The predicted molar refractivity (Wildman–Crippen MR) is 68.2 cm³/mol. The molecule has 0 radical (unpaired) electrons. The number of aliphatic hydroxyl groups excluding tert-OH is 1. The maximum absolute atomic E-state index is 12.0. The van der Waals surface area contributed by atoms with E-state index in [9.17, 15) is 4.79 Å². The third kappa shape index (κ3) is 3.07. The van der Waals surface area contributed by atoms with Crippen molar-refractivity contribution in [2.75, 3.05) is 19.0 Å². The van der Waals surface area contributed by atoms with Crippen LogP contribution in [0.4, 0.5) is 5.69 Å². The predicted octanol–water partition coefficient (Wildman–Crippen LogP) is 0.494. The van der Waals surface area contributed by atoms with Crippen molar-refractivity contribution >= 4 is 11.6 Å². The Hall–Kier alpha value is -1.43. The van der Waals surface area contributed by atoms with Crippen LogP contribution >= 0.6 is 0 Å². The minimum atomic E-state index is -0.201. The molecule has 5 nitrogen and oxygen atoms in total. The SMILES string of the molecule is COC1CNC(C(=O)Nc2ccc(CO)cc2)C1. The third-order valence-corrected chi connectivity index (χ3v) is 3.14. The Morgan fingerprint density at radius 2 is 2.22 bits per heavy atom. The molecular formula is C13H18N2O3. The second-order valence-corrected chi connectivity index (χ2v) is 4.40. The summed E-state index contributed by atoms with van der Waals surface area (Å²) < 4.78 is 5.20. The number of carbonyl (C=O) groups is 1.